The van der Waals surface area contributed by atoms with E-state index in [-0.39, 0.29) is 21.9 Å². The van der Waals surface area contributed by atoms with Crippen LogP contribution in [0.3, 0.4) is 0 Å². The molecule has 2 aliphatic carbocycles. The number of halogens is 1. The van der Waals surface area contributed by atoms with E-state index in [0.717, 1.165) is 60.1 Å². The summed E-state index contributed by atoms with van der Waals surface area (Å²) in [5.41, 5.74) is 2.28. The fourth-order valence-corrected chi connectivity index (χ4v) is 6.99. The van der Waals surface area contributed by atoms with Gasteiger partial charge in [-0.05, 0) is 86.5 Å². The van der Waals surface area contributed by atoms with Crippen molar-refractivity contribution in [1.82, 2.24) is 14.5 Å². The number of nitrogens with zero attached hydrogens (tertiary/aromatic N) is 3. The second-order valence-corrected chi connectivity index (χ2v) is 11.4. The van der Waals surface area contributed by atoms with Crippen LogP contribution in [0, 0.1) is 6.92 Å². The Morgan fingerprint density at radius 2 is 1.82 bits per heavy atom. The lowest BCUT2D eigenvalue weighted by molar-refractivity contribution is 0.483. The third kappa shape index (κ3) is 4.63. The summed E-state index contributed by atoms with van der Waals surface area (Å²) >= 11 is 5.26. The average Bonchev–Trinajstić information content (AvgIpc) is 3.36. The molecule has 0 spiro atoms. The highest BCUT2D eigenvalue weighted by molar-refractivity contribution is 7.92. The molecule has 1 aromatic carbocycles. The SMILES string of the molecule is Cc1cc([S+]([O-])C2CCCCC2)ccc1Nc1ncc2cc(Cl)c(=O)n(C3CCCC3)c2n1. The van der Waals surface area contributed by atoms with Gasteiger partial charge in [0, 0.05) is 23.3 Å². The van der Waals surface area contributed by atoms with Gasteiger partial charge >= 0.3 is 0 Å². The minimum absolute atomic E-state index is 0.122. The van der Waals surface area contributed by atoms with Crippen LogP contribution in [-0.4, -0.2) is 24.3 Å². The Kier molecular flexibility index (Phi) is 6.63. The van der Waals surface area contributed by atoms with Gasteiger partial charge in [-0.1, -0.05) is 30.9 Å². The quantitative estimate of drug-likeness (QED) is 0.445. The van der Waals surface area contributed by atoms with Crippen LogP contribution in [-0.2, 0) is 11.2 Å². The molecule has 2 aliphatic rings. The Hall–Kier alpha value is -2.09. The van der Waals surface area contributed by atoms with Crippen LogP contribution in [0.25, 0.3) is 11.0 Å². The molecule has 5 rings (SSSR count). The van der Waals surface area contributed by atoms with Crippen molar-refractivity contribution in [2.24, 2.45) is 0 Å². The molecule has 8 heteroatoms. The van der Waals surface area contributed by atoms with Crippen LogP contribution in [0.2, 0.25) is 5.02 Å². The van der Waals surface area contributed by atoms with Gasteiger partial charge in [-0.15, -0.1) is 0 Å². The van der Waals surface area contributed by atoms with Crippen molar-refractivity contribution in [3.05, 3.63) is 51.4 Å². The lowest BCUT2D eigenvalue weighted by Gasteiger charge is -2.25. The number of hydrogen-bond acceptors (Lipinski definition) is 5. The number of benzene rings is 1. The highest BCUT2D eigenvalue weighted by Gasteiger charge is 2.27. The summed E-state index contributed by atoms with van der Waals surface area (Å²) in [6.07, 6.45) is 11.5. The second kappa shape index (κ2) is 9.65. The van der Waals surface area contributed by atoms with Gasteiger partial charge in [0.1, 0.15) is 15.9 Å². The van der Waals surface area contributed by atoms with E-state index >= 15 is 0 Å². The molecular formula is C25H29ClN4O2S. The molecule has 0 radical (unpaired) electrons. The van der Waals surface area contributed by atoms with Crippen LogP contribution in [0.5, 0.6) is 0 Å². The normalized spacial score (nSPS) is 18.6. The van der Waals surface area contributed by atoms with Crippen molar-refractivity contribution in [1.29, 1.82) is 0 Å². The molecule has 1 atom stereocenters. The minimum Gasteiger partial charge on any atom is -0.611 e. The van der Waals surface area contributed by atoms with E-state index in [4.69, 9.17) is 16.6 Å². The third-order valence-corrected chi connectivity index (χ3v) is 9.02. The van der Waals surface area contributed by atoms with Crippen LogP contribution < -0.4 is 10.9 Å². The summed E-state index contributed by atoms with van der Waals surface area (Å²) in [6, 6.07) is 7.66. The fraction of sp³-hybridized carbons (Fsp3) is 0.480. The zero-order chi connectivity index (χ0) is 22.9. The molecule has 1 N–H and O–H groups in total. The maximum atomic E-state index is 13.0. The van der Waals surface area contributed by atoms with Crippen molar-refractivity contribution < 1.29 is 4.55 Å². The van der Waals surface area contributed by atoms with Gasteiger partial charge in [-0.2, -0.15) is 4.98 Å². The number of anilines is 2. The molecule has 0 amide bonds. The number of aromatic nitrogens is 3. The lowest BCUT2D eigenvalue weighted by atomic mass is 10.0. The maximum absolute atomic E-state index is 13.0. The third-order valence-electron chi connectivity index (χ3n) is 6.95. The van der Waals surface area contributed by atoms with Crippen LogP contribution in [0.4, 0.5) is 11.6 Å². The largest absolute Gasteiger partial charge is 0.611 e. The van der Waals surface area contributed by atoms with E-state index in [1.54, 1.807) is 16.8 Å². The van der Waals surface area contributed by atoms with E-state index < -0.39 is 11.2 Å². The maximum Gasteiger partial charge on any atom is 0.271 e. The molecule has 33 heavy (non-hydrogen) atoms. The summed E-state index contributed by atoms with van der Waals surface area (Å²) in [7, 11) is 0. The Morgan fingerprint density at radius 3 is 2.55 bits per heavy atom. The zero-order valence-electron chi connectivity index (χ0n) is 18.8. The summed E-state index contributed by atoms with van der Waals surface area (Å²) in [6.45, 7) is 2.00. The topological polar surface area (TPSA) is 82.9 Å². The first-order chi connectivity index (χ1) is 16.0. The molecule has 3 aromatic rings. The smallest absolute Gasteiger partial charge is 0.271 e. The van der Waals surface area contributed by atoms with E-state index in [9.17, 15) is 9.35 Å². The standard InChI is InChI=1S/C25H29ClN4O2S/c1-16-13-20(33(32)19-9-3-2-4-10-19)11-12-22(16)28-25-27-15-17-14-21(26)24(31)30(23(17)29-25)18-7-5-6-8-18/h11-15,18-19H,2-10H2,1H3,(H,27,28,29). The highest BCUT2D eigenvalue weighted by Crippen LogP contribution is 2.33. The number of rotatable bonds is 5. The summed E-state index contributed by atoms with van der Waals surface area (Å²) < 4.78 is 14.8. The van der Waals surface area contributed by atoms with Crippen molar-refractivity contribution in [2.45, 2.75) is 80.9 Å². The molecule has 174 valence electrons. The van der Waals surface area contributed by atoms with E-state index in [1.165, 1.54) is 19.3 Å². The van der Waals surface area contributed by atoms with Crippen LogP contribution in [0.15, 0.2) is 40.2 Å². The van der Waals surface area contributed by atoms with E-state index in [0.29, 0.717) is 11.6 Å². The summed E-state index contributed by atoms with van der Waals surface area (Å²) in [5.74, 6) is 0.431. The Balaban J connectivity index is 1.43. The first kappa shape index (κ1) is 22.7. The van der Waals surface area contributed by atoms with Crippen LogP contribution >= 0.6 is 11.6 Å². The van der Waals surface area contributed by atoms with Gasteiger partial charge in [0.05, 0.1) is 0 Å². The van der Waals surface area contributed by atoms with Gasteiger partial charge in [-0.3, -0.25) is 9.36 Å². The van der Waals surface area contributed by atoms with Gasteiger partial charge in [0.25, 0.3) is 5.56 Å². The first-order valence-electron chi connectivity index (χ1n) is 11.9. The number of aryl methyl sites for hydroxylation is 1. The molecule has 2 aromatic heterocycles. The average molecular weight is 485 g/mol. The van der Waals surface area contributed by atoms with Crippen molar-refractivity contribution in [2.75, 3.05) is 5.32 Å². The first-order valence-corrected chi connectivity index (χ1v) is 13.5. The highest BCUT2D eigenvalue weighted by atomic mass is 35.5. The molecule has 1 unspecified atom stereocenters. The second-order valence-electron chi connectivity index (χ2n) is 9.24. The minimum atomic E-state index is -0.973. The molecule has 0 aliphatic heterocycles. The van der Waals surface area contributed by atoms with Gasteiger partial charge in [0.15, 0.2) is 4.90 Å². The van der Waals surface area contributed by atoms with Crippen molar-refractivity contribution in [3.8, 4) is 0 Å². The van der Waals surface area contributed by atoms with E-state index in [2.05, 4.69) is 10.3 Å². The van der Waals surface area contributed by atoms with Crippen molar-refractivity contribution >= 4 is 45.4 Å². The van der Waals surface area contributed by atoms with Crippen LogP contribution in [0.1, 0.15) is 69.4 Å². The fourth-order valence-electron chi connectivity index (χ4n) is 5.14. The van der Waals surface area contributed by atoms with Gasteiger partial charge in [-0.25, -0.2) is 4.98 Å². The number of hydrogen-bond donors (Lipinski definition) is 1. The predicted molar refractivity (Wildman–Crippen MR) is 134 cm³/mol. The molecule has 6 nitrogen and oxygen atoms in total. The molecular weight excluding hydrogens is 456 g/mol. The predicted octanol–water partition coefficient (Wildman–Crippen LogP) is 6.05. The number of pyridine rings is 1. The molecule has 2 heterocycles. The summed E-state index contributed by atoms with van der Waals surface area (Å²) in [4.78, 5) is 22.9. The molecule has 2 fully saturated rings. The Morgan fingerprint density at radius 1 is 1.09 bits per heavy atom. The number of fused-ring (bicyclic) bond motifs is 1. The zero-order valence-corrected chi connectivity index (χ0v) is 20.4. The van der Waals surface area contributed by atoms with Gasteiger partial charge < -0.3 is 9.87 Å². The summed E-state index contributed by atoms with van der Waals surface area (Å²) in [5, 5.41) is 4.52. The van der Waals surface area contributed by atoms with Gasteiger partial charge in [0.2, 0.25) is 5.95 Å². The monoisotopic (exact) mass is 484 g/mol. The number of nitrogens with one attached hydrogen (secondary N) is 1. The lowest BCUT2D eigenvalue weighted by Crippen LogP contribution is -2.25. The Bertz CT molecular complexity index is 1220. The van der Waals surface area contributed by atoms with E-state index in [1.807, 2.05) is 25.1 Å². The Labute approximate surface area is 202 Å². The molecule has 0 saturated heterocycles. The van der Waals surface area contributed by atoms with Crippen molar-refractivity contribution in [3.63, 3.8) is 0 Å². The molecule has 0 bridgehead atoms. The molecule has 2 saturated carbocycles.